The van der Waals surface area contributed by atoms with Crippen LogP contribution >= 0.6 is 11.3 Å². The fourth-order valence-electron chi connectivity index (χ4n) is 3.68. The third-order valence-corrected chi connectivity index (χ3v) is 6.56. The van der Waals surface area contributed by atoms with Crippen molar-refractivity contribution in [3.8, 4) is 0 Å². The van der Waals surface area contributed by atoms with Crippen LogP contribution in [0.1, 0.15) is 33.3 Å². The Bertz CT molecular complexity index is 876. The number of carbonyl (C=O) groups is 1. The standard InChI is InChI=1S/C23H33N5OS/c1-17(28-12-9-21-20(16-28)10-13-30-21)15-26-23(24-2)25-11-8-18-6-5-7-19(14-18)22(29)27(3)4/h5-7,10,13-14,17H,8-9,11-12,15-16H2,1-4H3,(H2,24,25,26). The van der Waals surface area contributed by atoms with Crippen LogP contribution in [0.2, 0.25) is 0 Å². The number of hydrogen-bond donors (Lipinski definition) is 2. The number of aliphatic imine (C=N–C) groups is 1. The summed E-state index contributed by atoms with van der Waals surface area (Å²) in [6.45, 7) is 6.03. The number of amides is 1. The monoisotopic (exact) mass is 427 g/mol. The van der Waals surface area contributed by atoms with E-state index in [4.69, 9.17) is 0 Å². The van der Waals surface area contributed by atoms with Crippen molar-refractivity contribution < 1.29 is 4.79 Å². The van der Waals surface area contributed by atoms with Crippen LogP contribution in [0.5, 0.6) is 0 Å². The molecule has 1 aliphatic rings. The summed E-state index contributed by atoms with van der Waals surface area (Å²) in [5, 5.41) is 9.04. The lowest BCUT2D eigenvalue weighted by Gasteiger charge is -2.32. The van der Waals surface area contributed by atoms with Gasteiger partial charge in [-0.15, -0.1) is 11.3 Å². The van der Waals surface area contributed by atoms with Gasteiger partial charge in [0.05, 0.1) is 0 Å². The first-order chi connectivity index (χ1) is 14.5. The zero-order valence-corrected chi connectivity index (χ0v) is 19.3. The third kappa shape index (κ3) is 5.83. The number of rotatable bonds is 7. The maximum Gasteiger partial charge on any atom is 0.253 e. The molecule has 1 aromatic carbocycles. The summed E-state index contributed by atoms with van der Waals surface area (Å²) in [5.74, 6) is 0.846. The predicted molar refractivity (Wildman–Crippen MR) is 125 cm³/mol. The highest BCUT2D eigenvalue weighted by Gasteiger charge is 2.21. The van der Waals surface area contributed by atoms with Gasteiger partial charge in [0.25, 0.3) is 5.91 Å². The van der Waals surface area contributed by atoms with E-state index < -0.39 is 0 Å². The molecule has 0 bridgehead atoms. The van der Waals surface area contributed by atoms with Crippen LogP contribution in [0, 0.1) is 0 Å². The van der Waals surface area contributed by atoms with Crippen molar-refractivity contribution in [1.82, 2.24) is 20.4 Å². The number of hydrogen-bond acceptors (Lipinski definition) is 4. The van der Waals surface area contributed by atoms with E-state index in [2.05, 4.69) is 45.0 Å². The summed E-state index contributed by atoms with van der Waals surface area (Å²) in [6.07, 6.45) is 1.98. The molecular formula is C23H33N5OS. The van der Waals surface area contributed by atoms with Gasteiger partial charge in [-0.25, -0.2) is 0 Å². The molecule has 30 heavy (non-hydrogen) atoms. The van der Waals surface area contributed by atoms with Gasteiger partial charge in [-0.2, -0.15) is 0 Å². The maximum absolute atomic E-state index is 12.1. The second-order valence-corrected chi connectivity index (χ2v) is 8.97. The van der Waals surface area contributed by atoms with Crippen LogP contribution in [0.15, 0.2) is 40.7 Å². The van der Waals surface area contributed by atoms with Gasteiger partial charge in [0, 0.05) is 63.8 Å². The smallest absolute Gasteiger partial charge is 0.253 e. The highest BCUT2D eigenvalue weighted by atomic mass is 32.1. The molecule has 1 amide bonds. The van der Waals surface area contributed by atoms with Crippen LogP contribution in [0.4, 0.5) is 0 Å². The minimum atomic E-state index is 0.0311. The fourth-order valence-corrected chi connectivity index (χ4v) is 4.57. The molecule has 2 aromatic rings. The highest BCUT2D eigenvalue weighted by molar-refractivity contribution is 7.10. The van der Waals surface area contributed by atoms with Crippen molar-refractivity contribution in [3.63, 3.8) is 0 Å². The molecule has 7 heteroatoms. The van der Waals surface area contributed by atoms with Crippen LogP contribution in [0.25, 0.3) is 0 Å². The average molecular weight is 428 g/mol. The number of benzene rings is 1. The highest BCUT2D eigenvalue weighted by Crippen LogP contribution is 2.24. The van der Waals surface area contributed by atoms with Gasteiger partial charge in [0.2, 0.25) is 0 Å². The van der Waals surface area contributed by atoms with Gasteiger partial charge in [0.1, 0.15) is 0 Å². The Hall–Kier alpha value is -2.38. The number of fused-ring (bicyclic) bond motifs is 1. The summed E-state index contributed by atoms with van der Waals surface area (Å²) < 4.78 is 0. The Morgan fingerprint density at radius 2 is 2.13 bits per heavy atom. The molecule has 0 aliphatic carbocycles. The van der Waals surface area contributed by atoms with Crippen molar-refractivity contribution >= 4 is 23.2 Å². The molecule has 1 aliphatic heterocycles. The van der Waals surface area contributed by atoms with Crippen LogP contribution in [-0.4, -0.2) is 68.5 Å². The molecule has 0 radical (unpaired) electrons. The van der Waals surface area contributed by atoms with Gasteiger partial charge < -0.3 is 15.5 Å². The molecule has 1 atom stereocenters. The Morgan fingerprint density at radius 3 is 2.90 bits per heavy atom. The third-order valence-electron chi connectivity index (χ3n) is 5.54. The number of nitrogens with one attached hydrogen (secondary N) is 2. The number of carbonyl (C=O) groups excluding carboxylic acids is 1. The SMILES string of the molecule is CN=C(NCCc1cccc(C(=O)N(C)C)c1)NCC(C)N1CCc2sccc2C1. The zero-order chi connectivity index (χ0) is 21.5. The van der Waals surface area contributed by atoms with Gasteiger partial charge in [-0.3, -0.25) is 14.7 Å². The second-order valence-electron chi connectivity index (χ2n) is 7.97. The topological polar surface area (TPSA) is 60.0 Å². The van der Waals surface area contributed by atoms with Crippen LogP contribution in [-0.2, 0) is 19.4 Å². The van der Waals surface area contributed by atoms with E-state index in [1.807, 2.05) is 29.5 Å². The van der Waals surface area contributed by atoms with E-state index in [1.165, 1.54) is 5.56 Å². The number of guanidine groups is 1. The minimum absolute atomic E-state index is 0.0311. The van der Waals surface area contributed by atoms with Gasteiger partial charge in [-0.1, -0.05) is 12.1 Å². The van der Waals surface area contributed by atoms with E-state index in [0.717, 1.165) is 56.1 Å². The van der Waals surface area contributed by atoms with Crippen molar-refractivity contribution in [2.75, 3.05) is 40.8 Å². The summed E-state index contributed by atoms with van der Waals surface area (Å²) in [5.41, 5.74) is 3.35. The molecule has 2 N–H and O–H groups in total. The zero-order valence-electron chi connectivity index (χ0n) is 18.4. The molecule has 0 fully saturated rings. The Kier molecular flexibility index (Phi) is 7.87. The second kappa shape index (κ2) is 10.6. The Morgan fingerprint density at radius 1 is 1.30 bits per heavy atom. The van der Waals surface area contributed by atoms with Crippen LogP contribution in [0.3, 0.4) is 0 Å². The molecule has 162 valence electrons. The lowest BCUT2D eigenvalue weighted by atomic mass is 10.1. The number of nitrogens with zero attached hydrogens (tertiary/aromatic N) is 3. The molecule has 1 aromatic heterocycles. The molecule has 1 unspecified atom stereocenters. The van der Waals surface area contributed by atoms with Crippen LogP contribution < -0.4 is 10.6 Å². The van der Waals surface area contributed by atoms with Crippen molar-refractivity contribution in [3.05, 3.63) is 57.3 Å². The van der Waals surface area contributed by atoms with E-state index in [9.17, 15) is 4.79 Å². The molecule has 6 nitrogen and oxygen atoms in total. The Labute approximate surface area is 184 Å². The first kappa shape index (κ1) is 22.3. The van der Waals surface area contributed by atoms with Crippen molar-refractivity contribution in [2.24, 2.45) is 4.99 Å². The largest absolute Gasteiger partial charge is 0.356 e. The van der Waals surface area contributed by atoms with Gasteiger partial charge >= 0.3 is 0 Å². The van der Waals surface area contributed by atoms with Crippen molar-refractivity contribution in [2.45, 2.75) is 32.4 Å². The summed E-state index contributed by atoms with van der Waals surface area (Å²) in [4.78, 5) is 22.2. The van der Waals surface area contributed by atoms with E-state index in [1.54, 1.807) is 30.9 Å². The summed E-state index contributed by atoms with van der Waals surface area (Å²) in [6, 6.07) is 10.5. The average Bonchev–Trinajstić information content (AvgIpc) is 3.23. The van der Waals surface area contributed by atoms with E-state index >= 15 is 0 Å². The molecule has 0 spiro atoms. The fraction of sp³-hybridized carbons (Fsp3) is 0.478. The maximum atomic E-state index is 12.1. The van der Waals surface area contributed by atoms with E-state index in [0.29, 0.717) is 6.04 Å². The predicted octanol–water partition coefficient (Wildman–Crippen LogP) is 2.60. The molecule has 0 saturated heterocycles. The minimum Gasteiger partial charge on any atom is -0.356 e. The van der Waals surface area contributed by atoms with Crippen molar-refractivity contribution in [1.29, 1.82) is 0 Å². The number of thiophene rings is 1. The molecule has 0 saturated carbocycles. The van der Waals surface area contributed by atoms with E-state index in [-0.39, 0.29) is 5.91 Å². The first-order valence-electron chi connectivity index (χ1n) is 10.5. The molecular weight excluding hydrogens is 394 g/mol. The molecule has 3 rings (SSSR count). The lowest BCUT2D eigenvalue weighted by molar-refractivity contribution is 0.0827. The normalized spacial score (nSPS) is 15.4. The van der Waals surface area contributed by atoms with Gasteiger partial charge in [-0.05, 0) is 54.5 Å². The first-order valence-corrected chi connectivity index (χ1v) is 11.4. The quantitative estimate of drug-likeness (QED) is 0.527. The summed E-state index contributed by atoms with van der Waals surface area (Å²) in [7, 11) is 5.35. The summed E-state index contributed by atoms with van der Waals surface area (Å²) >= 11 is 1.88. The van der Waals surface area contributed by atoms with Gasteiger partial charge in [0.15, 0.2) is 5.96 Å². The molecule has 2 heterocycles. The lowest BCUT2D eigenvalue weighted by Crippen LogP contribution is -2.47. The Balaban J connectivity index is 1.43.